The molecule has 3 rings (SSSR count). The van der Waals surface area contributed by atoms with Gasteiger partial charge in [0, 0.05) is 10.3 Å². The number of furan rings is 1. The van der Waals surface area contributed by atoms with Crippen molar-refractivity contribution in [3.05, 3.63) is 58.5 Å². The predicted octanol–water partition coefficient (Wildman–Crippen LogP) is 1.89. The Bertz CT molecular complexity index is 887. The van der Waals surface area contributed by atoms with Gasteiger partial charge in [-0.25, -0.2) is 0 Å². The maximum absolute atomic E-state index is 12.4. The lowest BCUT2D eigenvalue weighted by Gasteiger charge is -2.18. The van der Waals surface area contributed by atoms with Gasteiger partial charge in [-0.15, -0.1) is 11.3 Å². The zero-order valence-corrected chi connectivity index (χ0v) is 17.0. The number of thiophene rings is 1. The fourth-order valence-electron chi connectivity index (χ4n) is 3.01. The van der Waals surface area contributed by atoms with E-state index in [0.29, 0.717) is 13.1 Å². The van der Waals surface area contributed by atoms with Crippen molar-refractivity contribution in [2.24, 2.45) is 0 Å². The Balaban J connectivity index is 1.48. The minimum absolute atomic E-state index is 0.0524. The molecule has 2 amide bonds. The van der Waals surface area contributed by atoms with Gasteiger partial charge < -0.3 is 20.0 Å². The average molecular weight is 401 g/mol. The normalized spacial score (nSPS) is 13.2. The molecule has 0 aliphatic heterocycles. The number of benzene rings is 1. The molecule has 0 saturated heterocycles. The van der Waals surface area contributed by atoms with Crippen LogP contribution in [0.4, 0.5) is 0 Å². The number of carbonyl (C=O) groups excluding carboxylic acids is 2. The number of amides is 2. The monoisotopic (exact) mass is 400 g/mol. The van der Waals surface area contributed by atoms with Crippen molar-refractivity contribution in [3.63, 3.8) is 0 Å². The highest BCUT2D eigenvalue weighted by Gasteiger charge is 2.20. The highest BCUT2D eigenvalue weighted by Crippen LogP contribution is 2.23. The molecule has 0 fully saturated rings. The quantitative estimate of drug-likeness (QED) is 0.513. The van der Waals surface area contributed by atoms with E-state index >= 15 is 0 Å². The van der Waals surface area contributed by atoms with Crippen LogP contribution < -0.4 is 15.5 Å². The van der Waals surface area contributed by atoms with Crippen molar-refractivity contribution >= 4 is 34.1 Å². The summed E-state index contributed by atoms with van der Waals surface area (Å²) in [6, 6.07) is 13.4. The van der Waals surface area contributed by atoms with Gasteiger partial charge >= 0.3 is 0 Å². The first-order valence-electron chi connectivity index (χ1n) is 9.45. The molecule has 148 valence electrons. The lowest BCUT2D eigenvalue weighted by Crippen LogP contribution is -3.14. The summed E-state index contributed by atoms with van der Waals surface area (Å²) in [6.45, 7) is 5.61. The largest absolute Gasteiger partial charge is 0.459 e. The standard InChI is InChI=1S/C21H25N3O3S/c1-3-24(13-20(25)22-12-17-8-6-10-28-17)14-21(26)23-15(2)19-11-16-7-4-5-9-18(16)27-19/h4-11,15H,3,12-14H2,1-2H3,(H,22,25)(H,23,26)/p+1/t15-/m0/s1. The lowest BCUT2D eigenvalue weighted by molar-refractivity contribution is -0.881. The van der Waals surface area contributed by atoms with Gasteiger partial charge in [0.05, 0.1) is 19.1 Å². The number of rotatable bonds is 9. The second-order valence-electron chi connectivity index (χ2n) is 6.79. The van der Waals surface area contributed by atoms with Gasteiger partial charge in [-0.1, -0.05) is 24.3 Å². The molecule has 0 spiro atoms. The van der Waals surface area contributed by atoms with E-state index in [-0.39, 0.29) is 30.9 Å². The van der Waals surface area contributed by atoms with E-state index in [2.05, 4.69) is 10.6 Å². The summed E-state index contributed by atoms with van der Waals surface area (Å²) in [6.07, 6.45) is 0. The Morgan fingerprint density at radius 2 is 1.93 bits per heavy atom. The van der Waals surface area contributed by atoms with Crippen LogP contribution in [0.5, 0.6) is 0 Å². The van der Waals surface area contributed by atoms with E-state index in [1.165, 1.54) is 0 Å². The Labute approximate surface area is 168 Å². The molecule has 2 aromatic heterocycles. The number of hydrogen-bond acceptors (Lipinski definition) is 4. The predicted molar refractivity (Wildman–Crippen MR) is 110 cm³/mol. The molecular weight excluding hydrogens is 374 g/mol. The summed E-state index contributed by atoms with van der Waals surface area (Å²) >= 11 is 1.61. The molecule has 0 aliphatic rings. The molecule has 1 aromatic carbocycles. The Morgan fingerprint density at radius 1 is 1.14 bits per heavy atom. The second kappa shape index (κ2) is 9.52. The summed E-state index contributed by atoms with van der Waals surface area (Å²) in [7, 11) is 0. The summed E-state index contributed by atoms with van der Waals surface area (Å²) in [4.78, 5) is 26.6. The fourth-order valence-corrected chi connectivity index (χ4v) is 3.65. The minimum atomic E-state index is -0.231. The fraction of sp³-hybridized carbons (Fsp3) is 0.333. The summed E-state index contributed by atoms with van der Waals surface area (Å²) in [5, 5.41) is 8.87. The summed E-state index contributed by atoms with van der Waals surface area (Å²) in [5.74, 6) is 0.570. The molecule has 3 aromatic rings. The number of quaternary nitrogens is 1. The van der Waals surface area contributed by atoms with Crippen LogP contribution in [0.1, 0.15) is 30.5 Å². The van der Waals surface area contributed by atoms with Crippen molar-refractivity contribution in [1.82, 2.24) is 10.6 Å². The molecule has 7 heteroatoms. The van der Waals surface area contributed by atoms with Crippen molar-refractivity contribution in [2.75, 3.05) is 19.6 Å². The van der Waals surface area contributed by atoms with E-state index in [9.17, 15) is 9.59 Å². The van der Waals surface area contributed by atoms with Gasteiger partial charge in [-0.3, -0.25) is 9.59 Å². The first-order chi connectivity index (χ1) is 13.5. The van der Waals surface area contributed by atoms with Crippen LogP contribution in [0.3, 0.4) is 0 Å². The molecular formula is C21H26N3O3S+. The maximum atomic E-state index is 12.4. The van der Waals surface area contributed by atoms with Crippen molar-refractivity contribution < 1.29 is 18.9 Å². The highest BCUT2D eigenvalue weighted by molar-refractivity contribution is 7.09. The Kier molecular flexibility index (Phi) is 6.84. The maximum Gasteiger partial charge on any atom is 0.275 e. The number of nitrogens with one attached hydrogen (secondary N) is 3. The van der Waals surface area contributed by atoms with Crippen molar-refractivity contribution in [1.29, 1.82) is 0 Å². The molecule has 0 radical (unpaired) electrons. The van der Waals surface area contributed by atoms with E-state index in [0.717, 1.165) is 26.5 Å². The van der Waals surface area contributed by atoms with Crippen LogP contribution in [0.2, 0.25) is 0 Å². The van der Waals surface area contributed by atoms with E-state index in [1.807, 2.05) is 61.7 Å². The minimum Gasteiger partial charge on any atom is -0.459 e. The van der Waals surface area contributed by atoms with Crippen LogP contribution >= 0.6 is 11.3 Å². The molecule has 0 aliphatic carbocycles. The third kappa shape index (κ3) is 5.43. The van der Waals surface area contributed by atoms with Crippen LogP contribution in [-0.4, -0.2) is 31.4 Å². The summed E-state index contributed by atoms with van der Waals surface area (Å²) in [5.41, 5.74) is 0.807. The molecule has 2 atom stereocenters. The number of hydrogen-bond donors (Lipinski definition) is 3. The van der Waals surface area contributed by atoms with Crippen LogP contribution in [0.15, 0.2) is 52.3 Å². The van der Waals surface area contributed by atoms with E-state index < -0.39 is 0 Å². The van der Waals surface area contributed by atoms with Gasteiger partial charge in [0.2, 0.25) is 0 Å². The van der Waals surface area contributed by atoms with E-state index in [4.69, 9.17) is 4.42 Å². The third-order valence-corrected chi connectivity index (χ3v) is 5.49. The topological polar surface area (TPSA) is 75.8 Å². The molecule has 1 unspecified atom stereocenters. The molecule has 0 bridgehead atoms. The number of fused-ring (bicyclic) bond motifs is 1. The van der Waals surface area contributed by atoms with Gasteiger partial charge in [0.1, 0.15) is 11.3 Å². The first-order valence-corrected chi connectivity index (χ1v) is 10.3. The lowest BCUT2D eigenvalue weighted by atomic mass is 10.2. The molecule has 28 heavy (non-hydrogen) atoms. The van der Waals surface area contributed by atoms with Crippen LogP contribution in [0.25, 0.3) is 11.0 Å². The van der Waals surface area contributed by atoms with Gasteiger partial charge in [0.25, 0.3) is 11.8 Å². The van der Waals surface area contributed by atoms with Gasteiger partial charge in [0.15, 0.2) is 13.1 Å². The van der Waals surface area contributed by atoms with Crippen molar-refractivity contribution in [2.45, 2.75) is 26.4 Å². The number of para-hydroxylation sites is 1. The van der Waals surface area contributed by atoms with Gasteiger partial charge in [-0.05, 0) is 37.4 Å². The Hall–Kier alpha value is -2.64. The zero-order valence-electron chi connectivity index (χ0n) is 16.2. The zero-order chi connectivity index (χ0) is 19.9. The second-order valence-corrected chi connectivity index (χ2v) is 7.82. The molecule has 0 saturated carbocycles. The Morgan fingerprint density at radius 3 is 2.64 bits per heavy atom. The molecule has 6 nitrogen and oxygen atoms in total. The number of likely N-dealkylation sites (N-methyl/N-ethyl adjacent to an activating group) is 1. The van der Waals surface area contributed by atoms with Gasteiger partial charge in [-0.2, -0.15) is 0 Å². The van der Waals surface area contributed by atoms with E-state index in [1.54, 1.807) is 11.3 Å². The van der Waals surface area contributed by atoms with Crippen LogP contribution in [0, 0.1) is 0 Å². The van der Waals surface area contributed by atoms with Crippen molar-refractivity contribution in [3.8, 4) is 0 Å². The number of carbonyl (C=O) groups is 2. The van der Waals surface area contributed by atoms with Crippen LogP contribution in [-0.2, 0) is 16.1 Å². The molecule has 3 N–H and O–H groups in total. The molecule has 2 heterocycles. The third-order valence-electron chi connectivity index (χ3n) is 4.61. The first kappa shape index (κ1) is 20.1. The smallest absolute Gasteiger partial charge is 0.275 e. The average Bonchev–Trinajstić information content (AvgIpc) is 3.35. The summed E-state index contributed by atoms with van der Waals surface area (Å²) < 4.78 is 5.81. The SMILES string of the molecule is CC[NH+](CC(=O)NCc1cccs1)CC(=O)N[C@@H](C)c1cc2ccccc2o1. The highest BCUT2D eigenvalue weighted by atomic mass is 32.1.